The minimum atomic E-state index is 0.0393. The Morgan fingerprint density at radius 2 is 2.17 bits per heavy atom. The Morgan fingerprint density at radius 3 is 3.00 bits per heavy atom. The van der Waals surface area contributed by atoms with Crippen LogP contribution < -0.4 is 5.32 Å². The van der Waals surface area contributed by atoms with E-state index < -0.39 is 0 Å². The van der Waals surface area contributed by atoms with E-state index in [0.717, 1.165) is 24.2 Å². The molecule has 18 heavy (non-hydrogen) atoms. The lowest BCUT2D eigenvalue weighted by atomic mass is 10.1. The molecule has 1 N–H and O–H groups in total. The van der Waals surface area contributed by atoms with E-state index >= 15 is 0 Å². The third kappa shape index (κ3) is 3.34. The summed E-state index contributed by atoms with van der Waals surface area (Å²) >= 11 is 6.08. The third-order valence-corrected chi connectivity index (χ3v) is 3.12. The summed E-state index contributed by atoms with van der Waals surface area (Å²) in [4.78, 5) is 4.36. The number of nitrogens with zero attached hydrogens (tertiary/aromatic N) is 1. The summed E-state index contributed by atoms with van der Waals surface area (Å²) < 4.78 is 5.00. The van der Waals surface area contributed by atoms with Gasteiger partial charge in [0.1, 0.15) is 5.82 Å². The molecule has 0 aliphatic heterocycles. The second kappa shape index (κ2) is 6.57. The van der Waals surface area contributed by atoms with Gasteiger partial charge < -0.3 is 10.1 Å². The normalized spacial score (nSPS) is 12.6. The van der Waals surface area contributed by atoms with Gasteiger partial charge in [-0.15, -0.1) is 11.6 Å². The average molecular weight is 265 g/mol. The van der Waals surface area contributed by atoms with Gasteiger partial charge in [-0.05, 0) is 17.9 Å². The number of benzene rings is 1. The summed E-state index contributed by atoms with van der Waals surface area (Å²) in [5.41, 5.74) is 0. The predicted molar refractivity (Wildman–Crippen MR) is 76.4 cm³/mol. The second-order valence-electron chi connectivity index (χ2n) is 4.15. The smallest absolute Gasteiger partial charge is 0.133 e. The van der Waals surface area contributed by atoms with Crippen molar-refractivity contribution >= 4 is 28.2 Å². The summed E-state index contributed by atoms with van der Waals surface area (Å²) in [6.07, 6.45) is 2.66. The van der Waals surface area contributed by atoms with Crippen LogP contribution in [0.3, 0.4) is 0 Å². The Hall–Kier alpha value is -1.32. The van der Waals surface area contributed by atoms with Crippen LogP contribution >= 0.6 is 11.6 Å². The molecule has 2 aromatic rings. The zero-order valence-corrected chi connectivity index (χ0v) is 11.2. The summed E-state index contributed by atoms with van der Waals surface area (Å²) in [7, 11) is 1.66. The molecule has 0 bridgehead atoms. The quantitative estimate of drug-likeness (QED) is 0.813. The van der Waals surface area contributed by atoms with Crippen molar-refractivity contribution in [3.05, 3.63) is 36.5 Å². The SMILES string of the molecule is COCC(Cl)CCNc1nccc2ccccc12. The zero-order valence-electron chi connectivity index (χ0n) is 10.4. The number of anilines is 1. The van der Waals surface area contributed by atoms with E-state index in [-0.39, 0.29) is 5.38 Å². The van der Waals surface area contributed by atoms with Crippen LogP contribution in [0.4, 0.5) is 5.82 Å². The standard InChI is InChI=1S/C14H17ClN2O/c1-18-10-12(15)7-9-17-14-13-5-3-2-4-11(13)6-8-16-14/h2-6,8,12H,7,9-10H2,1H3,(H,16,17). The summed E-state index contributed by atoms with van der Waals surface area (Å²) in [6.45, 7) is 1.37. The van der Waals surface area contributed by atoms with Gasteiger partial charge in [-0.3, -0.25) is 0 Å². The van der Waals surface area contributed by atoms with Crippen molar-refractivity contribution in [1.82, 2.24) is 4.98 Å². The molecule has 0 aliphatic rings. The van der Waals surface area contributed by atoms with Gasteiger partial charge in [0.05, 0.1) is 12.0 Å². The van der Waals surface area contributed by atoms with Crippen molar-refractivity contribution in [3.8, 4) is 0 Å². The van der Waals surface area contributed by atoms with Gasteiger partial charge in [-0.2, -0.15) is 0 Å². The molecule has 0 fully saturated rings. The van der Waals surface area contributed by atoms with Crippen LogP contribution in [-0.4, -0.2) is 30.6 Å². The van der Waals surface area contributed by atoms with Gasteiger partial charge in [0, 0.05) is 25.2 Å². The minimum Gasteiger partial charge on any atom is -0.383 e. The van der Waals surface area contributed by atoms with E-state index in [0.29, 0.717) is 6.61 Å². The number of hydrogen-bond donors (Lipinski definition) is 1. The van der Waals surface area contributed by atoms with Gasteiger partial charge in [-0.25, -0.2) is 4.98 Å². The number of nitrogens with one attached hydrogen (secondary N) is 1. The van der Waals surface area contributed by atoms with E-state index in [9.17, 15) is 0 Å². The van der Waals surface area contributed by atoms with Crippen LogP contribution in [0.1, 0.15) is 6.42 Å². The molecule has 0 amide bonds. The third-order valence-electron chi connectivity index (χ3n) is 2.77. The molecule has 0 radical (unpaired) electrons. The van der Waals surface area contributed by atoms with Crippen molar-refractivity contribution in [2.75, 3.05) is 25.6 Å². The molecule has 3 nitrogen and oxygen atoms in total. The van der Waals surface area contributed by atoms with Crippen molar-refractivity contribution in [1.29, 1.82) is 0 Å². The highest BCUT2D eigenvalue weighted by molar-refractivity contribution is 6.20. The first-order valence-electron chi connectivity index (χ1n) is 6.02. The van der Waals surface area contributed by atoms with Crippen molar-refractivity contribution in [3.63, 3.8) is 0 Å². The fourth-order valence-corrected chi connectivity index (χ4v) is 2.11. The number of alkyl halides is 1. The summed E-state index contributed by atoms with van der Waals surface area (Å²) in [5, 5.41) is 5.69. The maximum atomic E-state index is 6.08. The van der Waals surface area contributed by atoms with Crippen LogP contribution in [-0.2, 0) is 4.74 Å². The van der Waals surface area contributed by atoms with Crippen molar-refractivity contribution in [2.24, 2.45) is 0 Å². The molecular weight excluding hydrogens is 248 g/mol. The highest BCUT2D eigenvalue weighted by Crippen LogP contribution is 2.20. The highest BCUT2D eigenvalue weighted by Gasteiger charge is 2.05. The first-order chi connectivity index (χ1) is 8.81. The minimum absolute atomic E-state index is 0.0393. The Bertz CT molecular complexity index is 499. The van der Waals surface area contributed by atoms with Gasteiger partial charge in [0.15, 0.2) is 0 Å². The summed E-state index contributed by atoms with van der Waals surface area (Å²) in [6, 6.07) is 10.2. The lowest BCUT2D eigenvalue weighted by Gasteiger charge is -2.11. The Morgan fingerprint density at radius 1 is 1.33 bits per heavy atom. The number of methoxy groups -OCH3 is 1. The largest absolute Gasteiger partial charge is 0.383 e. The average Bonchev–Trinajstić information content (AvgIpc) is 2.39. The molecule has 1 atom stereocenters. The molecule has 0 aliphatic carbocycles. The Labute approximate surface area is 112 Å². The predicted octanol–water partition coefficient (Wildman–Crippen LogP) is 3.29. The highest BCUT2D eigenvalue weighted by atomic mass is 35.5. The first kappa shape index (κ1) is 13.1. The fraction of sp³-hybridized carbons (Fsp3) is 0.357. The van der Waals surface area contributed by atoms with E-state index in [1.54, 1.807) is 7.11 Å². The number of pyridine rings is 1. The molecule has 4 heteroatoms. The summed E-state index contributed by atoms with van der Waals surface area (Å²) in [5.74, 6) is 0.911. The van der Waals surface area contributed by atoms with Crippen LogP contribution in [0, 0.1) is 0 Å². The number of halogens is 1. The van der Waals surface area contributed by atoms with Gasteiger partial charge in [-0.1, -0.05) is 24.3 Å². The molecule has 0 saturated carbocycles. The molecule has 1 aromatic heterocycles. The lowest BCUT2D eigenvalue weighted by Crippen LogP contribution is -2.14. The molecule has 1 aromatic carbocycles. The molecule has 1 heterocycles. The van der Waals surface area contributed by atoms with Gasteiger partial charge >= 0.3 is 0 Å². The molecule has 0 spiro atoms. The number of ether oxygens (including phenoxy) is 1. The second-order valence-corrected chi connectivity index (χ2v) is 4.77. The monoisotopic (exact) mass is 264 g/mol. The number of fused-ring (bicyclic) bond motifs is 1. The van der Waals surface area contributed by atoms with Gasteiger partial charge in [0.25, 0.3) is 0 Å². The topological polar surface area (TPSA) is 34.1 Å². The number of hydrogen-bond acceptors (Lipinski definition) is 3. The zero-order chi connectivity index (χ0) is 12.8. The molecular formula is C14H17ClN2O. The van der Waals surface area contributed by atoms with Crippen molar-refractivity contribution in [2.45, 2.75) is 11.8 Å². The van der Waals surface area contributed by atoms with Crippen molar-refractivity contribution < 1.29 is 4.74 Å². The Balaban J connectivity index is 1.99. The number of aromatic nitrogens is 1. The van der Waals surface area contributed by atoms with E-state index in [4.69, 9.17) is 16.3 Å². The van der Waals surface area contributed by atoms with Crippen LogP contribution in [0.25, 0.3) is 10.8 Å². The molecule has 2 rings (SSSR count). The maximum absolute atomic E-state index is 6.08. The fourth-order valence-electron chi connectivity index (χ4n) is 1.87. The molecule has 1 unspecified atom stereocenters. The van der Waals surface area contributed by atoms with E-state index in [2.05, 4.69) is 22.4 Å². The molecule has 96 valence electrons. The van der Waals surface area contributed by atoms with Crippen LogP contribution in [0.15, 0.2) is 36.5 Å². The van der Waals surface area contributed by atoms with Crippen LogP contribution in [0.5, 0.6) is 0 Å². The van der Waals surface area contributed by atoms with E-state index in [1.807, 2.05) is 24.4 Å². The molecule has 0 saturated heterocycles. The first-order valence-corrected chi connectivity index (χ1v) is 6.45. The lowest BCUT2D eigenvalue weighted by molar-refractivity contribution is 0.196. The Kier molecular flexibility index (Phi) is 4.79. The van der Waals surface area contributed by atoms with Gasteiger partial charge in [0.2, 0.25) is 0 Å². The van der Waals surface area contributed by atoms with Crippen LogP contribution in [0.2, 0.25) is 0 Å². The number of rotatable bonds is 6. The van der Waals surface area contributed by atoms with E-state index in [1.165, 1.54) is 5.39 Å². The maximum Gasteiger partial charge on any atom is 0.133 e.